The first-order chi connectivity index (χ1) is 20.1. The standard InChI is InChI=1S/C26H70O11Si8/c1-38(2,25-17-21-29-23-19-27)31-40(5,6)33-42(9,10)35-44(13,14)37-45(15,16)36-43(11,12)34-41(7,8)32-39(3,4)26-18-22-30-24-20-28/h27-28H,17-26H2,1-16H3. The minimum absolute atomic E-state index is 0.0485. The Balaban J connectivity index is 5.19. The molecule has 0 fully saturated rings. The normalized spacial score (nSPS) is 14.8. The number of hydrogen-bond donors (Lipinski definition) is 2. The minimum atomic E-state index is -2.65. The molecule has 272 valence electrons. The maximum atomic E-state index is 8.91. The number of rotatable bonds is 26. The van der Waals surface area contributed by atoms with E-state index in [2.05, 4.69) is 105 Å². The van der Waals surface area contributed by atoms with Crippen LogP contribution < -0.4 is 0 Å². The quantitative estimate of drug-likeness (QED) is 0.0737. The van der Waals surface area contributed by atoms with Gasteiger partial charge in [-0.2, -0.15) is 0 Å². The van der Waals surface area contributed by atoms with Crippen LogP contribution in [0.25, 0.3) is 0 Å². The zero-order chi connectivity index (χ0) is 35.4. The summed E-state index contributed by atoms with van der Waals surface area (Å²) in [6, 6.07) is 1.93. The van der Waals surface area contributed by atoms with Crippen molar-refractivity contribution in [3.05, 3.63) is 0 Å². The number of aliphatic hydroxyl groups excluding tert-OH is 2. The lowest BCUT2D eigenvalue weighted by molar-refractivity contribution is 0.0923. The van der Waals surface area contributed by atoms with Crippen LogP contribution in [0.1, 0.15) is 12.8 Å². The number of ether oxygens (including phenoxy) is 2. The van der Waals surface area contributed by atoms with Crippen LogP contribution in [-0.2, 0) is 38.3 Å². The zero-order valence-corrected chi connectivity index (χ0v) is 39.6. The highest BCUT2D eigenvalue weighted by Gasteiger charge is 2.49. The fraction of sp³-hybridized carbons (Fsp3) is 1.00. The van der Waals surface area contributed by atoms with Crippen LogP contribution in [0.15, 0.2) is 0 Å². The minimum Gasteiger partial charge on any atom is -0.436 e. The smallest absolute Gasteiger partial charge is 0.314 e. The summed E-state index contributed by atoms with van der Waals surface area (Å²) in [5.74, 6) is 0. The van der Waals surface area contributed by atoms with Crippen molar-refractivity contribution in [1.29, 1.82) is 0 Å². The van der Waals surface area contributed by atoms with E-state index < -0.39 is 68.0 Å². The van der Waals surface area contributed by atoms with E-state index in [1.807, 2.05) is 0 Å². The van der Waals surface area contributed by atoms with Crippen LogP contribution in [0, 0.1) is 0 Å². The molecule has 0 aromatic rings. The van der Waals surface area contributed by atoms with Crippen molar-refractivity contribution in [2.24, 2.45) is 0 Å². The molecule has 0 aromatic heterocycles. The van der Waals surface area contributed by atoms with Gasteiger partial charge in [0.25, 0.3) is 0 Å². The second-order valence-electron chi connectivity index (χ2n) is 15.5. The Hall–Kier alpha value is 1.30. The molecule has 0 heterocycles. The van der Waals surface area contributed by atoms with Crippen molar-refractivity contribution in [2.45, 2.75) is 130 Å². The average molecular weight is 784 g/mol. The van der Waals surface area contributed by atoms with E-state index >= 15 is 0 Å². The maximum Gasteiger partial charge on any atom is 0.314 e. The molecule has 0 aliphatic rings. The largest absolute Gasteiger partial charge is 0.436 e. The summed E-state index contributed by atoms with van der Waals surface area (Å²) in [5.41, 5.74) is 0. The second-order valence-corrected chi connectivity index (χ2v) is 46.1. The molecule has 0 amide bonds. The molecule has 0 aliphatic carbocycles. The molecule has 0 unspecified atom stereocenters. The maximum absolute atomic E-state index is 8.91. The molecule has 11 nitrogen and oxygen atoms in total. The van der Waals surface area contributed by atoms with E-state index in [-0.39, 0.29) is 13.2 Å². The van der Waals surface area contributed by atoms with Crippen molar-refractivity contribution in [3.8, 4) is 0 Å². The summed E-state index contributed by atoms with van der Waals surface area (Å²) in [4.78, 5) is 0. The Kier molecular flexibility index (Phi) is 19.6. The summed E-state index contributed by atoms with van der Waals surface area (Å²) in [7, 11) is -19.4. The van der Waals surface area contributed by atoms with Crippen molar-refractivity contribution in [3.63, 3.8) is 0 Å². The van der Waals surface area contributed by atoms with E-state index in [4.69, 9.17) is 48.5 Å². The van der Waals surface area contributed by atoms with Crippen LogP contribution in [0.2, 0.25) is 117 Å². The first kappa shape index (κ1) is 46.3. The van der Waals surface area contributed by atoms with E-state index in [0.29, 0.717) is 26.4 Å². The topological polar surface area (TPSA) is 124 Å². The van der Waals surface area contributed by atoms with Gasteiger partial charge in [0.1, 0.15) is 0 Å². The highest BCUT2D eigenvalue weighted by molar-refractivity contribution is 6.92. The lowest BCUT2D eigenvalue weighted by Gasteiger charge is -2.44. The van der Waals surface area contributed by atoms with Gasteiger partial charge < -0.3 is 48.5 Å². The molecule has 0 bridgehead atoms. The Morgan fingerprint density at radius 1 is 0.333 bits per heavy atom. The van der Waals surface area contributed by atoms with Crippen LogP contribution in [0.5, 0.6) is 0 Å². The SMILES string of the molecule is C[Si](C)(CCCOCCO)O[Si](C)(C)O[Si](C)(C)O[Si](C)(C)O[Si](C)(C)O[Si](C)(C)O[Si](C)(C)O[Si](C)(C)CCCOCCO. The Labute approximate surface area is 284 Å². The Morgan fingerprint density at radius 2 is 0.556 bits per heavy atom. The molecule has 45 heavy (non-hydrogen) atoms. The van der Waals surface area contributed by atoms with Gasteiger partial charge in [-0.1, -0.05) is 0 Å². The zero-order valence-electron chi connectivity index (χ0n) is 31.6. The van der Waals surface area contributed by atoms with E-state index in [1.54, 1.807) is 0 Å². The van der Waals surface area contributed by atoms with Gasteiger partial charge in [0.2, 0.25) is 0 Å². The molecule has 0 radical (unpaired) electrons. The predicted molar refractivity (Wildman–Crippen MR) is 202 cm³/mol. The fourth-order valence-electron chi connectivity index (χ4n) is 6.05. The van der Waals surface area contributed by atoms with Crippen molar-refractivity contribution in [1.82, 2.24) is 0 Å². The molecular formula is C26H70O11Si8. The van der Waals surface area contributed by atoms with E-state index in [9.17, 15) is 0 Å². The van der Waals surface area contributed by atoms with Crippen LogP contribution in [0.4, 0.5) is 0 Å². The van der Waals surface area contributed by atoms with Crippen molar-refractivity contribution in [2.75, 3.05) is 39.6 Å². The molecule has 0 rings (SSSR count). The van der Waals surface area contributed by atoms with Crippen LogP contribution in [-0.4, -0.2) is 118 Å². The lowest BCUT2D eigenvalue weighted by atomic mass is 10.5. The van der Waals surface area contributed by atoms with Gasteiger partial charge in [-0.25, -0.2) is 0 Å². The third-order valence-corrected chi connectivity index (χ3v) is 37.2. The second kappa shape index (κ2) is 19.1. The van der Waals surface area contributed by atoms with Gasteiger partial charge in [-0.15, -0.1) is 0 Å². The van der Waals surface area contributed by atoms with Gasteiger partial charge in [0.05, 0.1) is 26.4 Å². The van der Waals surface area contributed by atoms with Gasteiger partial charge in [-0.05, 0) is 130 Å². The summed E-state index contributed by atoms with van der Waals surface area (Å²) in [6.45, 7) is 36.0. The van der Waals surface area contributed by atoms with Gasteiger partial charge in [0.15, 0.2) is 16.6 Å². The van der Waals surface area contributed by atoms with Crippen LogP contribution >= 0.6 is 0 Å². The van der Waals surface area contributed by atoms with Crippen molar-refractivity contribution < 1.29 is 48.5 Å². The summed E-state index contributed by atoms with van der Waals surface area (Å²) < 4.78 is 57.9. The third-order valence-electron chi connectivity index (χ3n) is 6.11. The highest BCUT2D eigenvalue weighted by atomic mass is 28.5. The first-order valence-electron chi connectivity index (χ1n) is 16.4. The summed E-state index contributed by atoms with van der Waals surface area (Å²) in [6.07, 6.45) is 1.82. The summed E-state index contributed by atoms with van der Waals surface area (Å²) in [5, 5.41) is 17.8. The molecule has 2 N–H and O–H groups in total. The van der Waals surface area contributed by atoms with E-state index in [1.165, 1.54) is 0 Å². The van der Waals surface area contributed by atoms with Gasteiger partial charge >= 0.3 is 51.4 Å². The average Bonchev–Trinajstić information content (AvgIpc) is 2.72. The summed E-state index contributed by atoms with van der Waals surface area (Å²) >= 11 is 0. The first-order valence-corrected chi connectivity index (χ1v) is 39.5. The number of hydrogen-bond acceptors (Lipinski definition) is 11. The molecular weight excluding hydrogens is 713 g/mol. The Morgan fingerprint density at radius 3 is 0.778 bits per heavy atom. The Bertz CT molecular complexity index is 778. The monoisotopic (exact) mass is 782 g/mol. The number of aliphatic hydroxyl groups is 2. The molecule has 0 saturated carbocycles. The van der Waals surface area contributed by atoms with E-state index in [0.717, 1.165) is 24.9 Å². The van der Waals surface area contributed by atoms with Gasteiger partial charge in [0, 0.05) is 13.2 Å². The molecule has 0 aromatic carbocycles. The molecule has 0 atom stereocenters. The molecule has 0 spiro atoms. The highest BCUT2D eigenvalue weighted by Crippen LogP contribution is 2.30. The van der Waals surface area contributed by atoms with Crippen LogP contribution in [0.3, 0.4) is 0 Å². The van der Waals surface area contributed by atoms with Crippen molar-refractivity contribution >= 4 is 68.0 Å². The molecule has 19 heteroatoms. The molecule has 0 saturated heterocycles. The van der Waals surface area contributed by atoms with Gasteiger partial charge in [-0.3, -0.25) is 0 Å². The molecule has 0 aliphatic heterocycles. The third kappa shape index (κ3) is 24.1. The predicted octanol–water partition coefficient (Wildman–Crippen LogP) is 6.52. The fourth-order valence-corrected chi connectivity index (χ4v) is 46.4. The lowest BCUT2D eigenvalue weighted by Crippen LogP contribution is -2.61.